The summed E-state index contributed by atoms with van der Waals surface area (Å²) in [6.07, 6.45) is 5.59. The van der Waals surface area contributed by atoms with Gasteiger partial charge in [-0.15, -0.1) is 0 Å². The van der Waals surface area contributed by atoms with Crippen LogP contribution in [0.5, 0.6) is 0 Å². The Morgan fingerprint density at radius 2 is 1.48 bits per heavy atom. The molecule has 0 spiro atoms. The normalized spacial score (nSPS) is 11.6. The van der Waals surface area contributed by atoms with Crippen LogP contribution in [-0.4, -0.2) is 28.9 Å². The highest BCUT2D eigenvalue weighted by Gasteiger charge is 2.18. The Hall–Kier alpha value is -5.49. The van der Waals surface area contributed by atoms with Gasteiger partial charge < -0.3 is 9.13 Å². The van der Waals surface area contributed by atoms with Crippen LogP contribution in [0.15, 0.2) is 128 Å². The quantitative estimate of drug-likeness (QED) is 0.242. The van der Waals surface area contributed by atoms with Crippen LogP contribution < -0.4 is 0 Å². The zero-order chi connectivity index (χ0) is 26.6. The molecule has 4 aromatic carbocycles. The van der Waals surface area contributed by atoms with Gasteiger partial charge in [0.15, 0.2) is 0 Å². The van der Waals surface area contributed by atoms with E-state index in [4.69, 9.17) is 4.98 Å². The highest BCUT2D eigenvalue weighted by molar-refractivity contribution is 6.10. The van der Waals surface area contributed by atoms with Crippen molar-refractivity contribution in [1.82, 2.24) is 28.9 Å². The molecule has 6 nitrogen and oxygen atoms in total. The van der Waals surface area contributed by atoms with Gasteiger partial charge in [0.25, 0.3) is 0 Å². The summed E-state index contributed by atoms with van der Waals surface area (Å²) in [5, 5.41) is 6.92. The minimum absolute atomic E-state index is 0.899. The summed E-state index contributed by atoms with van der Waals surface area (Å²) < 4.78 is 6.40. The van der Waals surface area contributed by atoms with Crippen LogP contribution in [0.2, 0.25) is 0 Å². The number of nitrogens with zero attached hydrogens (tertiary/aromatic N) is 6. The fourth-order valence-electron chi connectivity index (χ4n) is 5.79. The second-order valence-electron chi connectivity index (χ2n) is 9.93. The standard InChI is InChI=1S/C34H24N6/c1-38-32-13-5-3-11-29(32)37-34(38)23-14-16-26-25-9-2-4-12-31(25)40(33(26)21-23)24-15-17-30(39-20-8-19-36-39)27(22-24)28-10-6-7-18-35-28/h2-22H,1H3. The van der Waals surface area contributed by atoms with Crippen molar-refractivity contribution in [3.8, 4) is 34.0 Å². The first-order valence-electron chi connectivity index (χ1n) is 13.3. The number of hydrogen-bond acceptors (Lipinski definition) is 3. The van der Waals surface area contributed by atoms with E-state index in [-0.39, 0.29) is 0 Å². The Morgan fingerprint density at radius 3 is 2.30 bits per heavy atom. The fraction of sp³-hybridized carbons (Fsp3) is 0.0294. The highest BCUT2D eigenvalue weighted by atomic mass is 15.3. The zero-order valence-electron chi connectivity index (χ0n) is 21.8. The summed E-state index contributed by atoms with van der Waals surface area (Å²) in [5.74, 6) is 0.947. The minimum Gasteiger partial charge on any atom is -0.327 e. The first-order chi connectivity index (χ1) is 19.8. The SMILES string of the molecule is Cn1c(-c2ccc3c4ccccc4n(-c4ccc(-n5cccn5)c(-c5ccccn5)c4)c3c2)nc2ccccc21. The second-order valence-corrected chi connectivity index (χ2v) is 9.93. The number of para-hydroxylation sites is 3. The highest BCUT2D eigenvalue weighted by Crippen LogP contribution is 2.37. The maximum atomic E-state index is 4.98. The molecule has 0 atom stereocenters. The van der Waals surface area contributed by atoms with E-state index in [0.717, 1.165) is 56.1 Å². The summed E-state index contributed by atoms with van der Waals surface area (Å²) in [4.78, 5) is 9.66. The monoisotopic (exact) mass is 516 g/mol. The number of benzene rings is 4. The van der Waals surface area contributed by atoms with Gasteiger partial charge in [-0.1, -0.05) is 48.5 Å². The molecular formula is C34H24N6. The van der Waals surface area contributed by atoms with E-state index < -0.39 is 0 Å². The molecule has 190 valence electrons. The molecule has 0 aliphatic rings. The van der Waals surface area contributed by atoms with Crippen LogP contribution >= 0.6 is 0 Å². The van der Waals surface area contributed by atoms with Gasteiger partial charge in [0.1, 0.15) is 5.82 Å². The third kappa shape index (κ3) is 3.39. The Bertz CT molecular complexity index is 2170. The average Bonchev–Trinajstić information content (AvgIpc) is 3.74. The molecule has 6 heteroatoms. The molecule has 4 aromatic heterocycles. The van der Waals surface area contributed by atoms with Crippen molar-refractivity contribution in [3.63, 3.8) is 0 Å². The van der Waals surface area contributed by atoms with Crippen molar-refractivity contribution < 1.29 is 0 Å². The molecule has 0 saturated heterocycles. The Balaban J connectivity index is 1.40. The smallest absolute Gasteiger partial charge is 0.140 e. The summed E-state index contributed by atoms with van der Waals surface area (Å²) in [5.41, 5.74) is 9.42. The lowest BCUT2D eigenvalue weighted by molar-refractivity contribution is 0.880. The van der Waals surface area contributed by atoms with Gasteiger partial charge in [0.05, 0.1) is 33.4 Å². The van der Waals surface area contributed by atoms with Crippen molar-refractivity contribution >= 4 is 32.8 Å². The third-order valence-corrected chi connectivity index (χ3v) is 7.65. The average molecular weight is 517 g/mol. The zero-order valence-corrected chi connectivity index (χ0v) is 21.8. The van der Waals surface area contributed by atoms with E-state index in [1.165, 1.54) is 10.8 Å². The van der Waals surface area contributed by atoms with E-state index in [9.17, 15) is 0 Å². The molecule has 0 fully saturated rings. The lowest BCUT2D eigenvalue weighted by Crippen LogP contribution is -2.01. The van der Waals surface area contributed by atoms with Crippen molar-refractivity contribution in [1.29, 1.82) is 0 Å². The number of imidazole rings is 1. The van der Waals surface area contributed by atoms with Gasteiger partial charge in [0, 0.05) is 53.2 Å². The molecule has 0 saturated carbocycles. The van der Waals surface area contributed by atoms with Gasteiger partial charge in [-0.3, -0.25) is 4.98 Å². The summed E-state index contributed by atoms with van der Waals surface area (Å²) >= 11 is 0. The van der Waals surface area contributed by atoms with Crippen LogP contribution in [0.3, 0.4) is 0 Å². The number of hydrogen-bond donors (Lipinski definition) is 0. The van der Waals surface area contributed by atoms with Crippen molar-refractivity contribution in [3.05, 3.63) is 128 Å². The Morgan fingerprint density at radius 1 is 0.650 bits per heavy atom. The minimum atomic E-state index is 0.899. The number of fused-ring (bicyclic) bond motifs is 4. The summed E-state index contributed by atoms with van der Waals surface area (Å²) in [6.45, 7) is 0. The Labute approximate surface area is 230 Å². The molecule has 4 heterocycles. The molecule has 40 heavy (non-hydrogen) atoms. The topological polar surface area (TPSA) is 53.5 Å². The number of aromatic nitrogens is 6. The van der Waals surface area contributed by atoms with Gasteiger partial charge in [-0.2, -0.15) is 5.10 Å². The second kappa shape index (κ2) is 8.78. The molecule has 0 aliphatic carbocycles. The van der Waals surface area contributed by atoms with Crippen molar-refractivity contribution in [2.45, 2.75) is 0 Å². The van der Waals surface area contributed by atoms with Crippen molar-refractivity contribution in [2.24, 2.45) is 7.05 Å². The van der Waals surface area contributed by atoms with Gasteiger partial charge in [-0.05, 0) is 60.7 Å². The predicted octanol–water partition coefficient (Wildman–Crippen LogP) is 7.59. The molecule has 0 N–H and O–H groups in total. The van der Waals surface area contributed by atoms with Gasteiger partial charge in [0.2, 0.25) is 0 Å². The van der Waals surface area contributed by atoms with Gasteiger partial charge >= 0.3 is 0 Å². The van der Waals surface area contributed by atoms with Crippen LogP contribution in [0, 0.1) is 0 Å². The van der Waals surface area contributed by atoms with E-state index in [0.29, 0.717) is 0 Å². The maximum absolute atomic E-state index is 4.98. The van der Waals surface area contributed by atoms with Crippen LogP contribution in [0.4, 0.5) is 0 Å². The van der Waals surface area contributed by atoms with Crippen LogP contribution in [0.1, 0.15) is 0 Å². The number of pyridine rings is 1. The molecule has 0 radical (unpaired) electrons. The molecule has 0 amide bonds. The molecular weight excluding hydrogens is 492 g/mol. The van der Waals surface area contributed by atoms with E-state index in [1.54, 1.807) is 6.20 Å². The Kier molecular flexibility index (Phi) is 4.94. The maximum Gasteiger partial charge on any atom is 0.140 e. The molecule has 8 aromatic rings. The van der Waals surface area contributed by atoms with E-state index in [2.05, 4.69) is 105 Å². The van der Waals surface area contributed by atoms with E-state index >= 15 is 0 Å². The number of rotatable bonds is 4. The van der Waals surface area contributed by atoms with Crippen LogP contribution in [0.25, 0.3) is 66.9 Å². The third-order valence-electron chi connectivity index (χ3n) is 7.65. The number of aryl methyl sites for hydroxylation is 1. The van der Waals surface area contributed by atoms with E-state index in [1.807, 2.05) is 47.4 Å². The molecule has 0 unspecified atom stereocenters. The molecule has 0 bridgehead atoms. The summed E-state index contributed by atoms with van der Waals surface area (Å²) in [7, 11) is 2.08. The van der Waals surface area contributed by atoms with Crippen molar-refractivity contribution in [2.75, 3.05) is 0 Å². The lowest BCUT2D eigenvalue weighted by Gasteiger charge is -2.14. The lowest BCUT2D eigenvalue weighted by atomic mass is 10.1. The first-order valence-corrected chi connectivity index (χ1v) is 13.3. The molecule has 0 aliphatic heterocycles. The largest absolute Gasteiger partial charge is 0.327 e. The molecule has 8 rings (SSSR count). The summed E-state index contributed by atoms with van der Waals surface area (Å²) in [6, 6.07) is 38.0. The predicted molar refractivity (Wildman–Crippen MR) is 161 cm³/mol. The van der Waals surface area contributed by atoms with Crippen LogP contribution in [-0.2, 0) is 7.05 Å². The fourth-order valence-corrected chi connectivity index (χ4v) is 5.79. The first kappa shape index (κ1) is 22.5. The van der Waals surface area contributed by atoms with Gasteiger partial charge in [-0.25, -0.2) is 9.67 Å².